The fourth-order valence-corrected chi connectivity index (χ4v) is 7.84. The Morgan fingerprint density at radius 1 is 0.540 bits per heavy atom. The van der Waals surface area contributed by atoms with Gasteiger partial charge in [-0.2, -0.15) is 0 Å². The van der Waals surface area contributed by atoms with E-state index < -0.39 is 68.5 Å². The molecule has 1 heterocycles. The monoisotopic (exact) mass is 1070 g/mol. The molecule has 0 saturated carbocycles. The van der Waals surface area contributed by atoms with Gasteiger partial charge in [-0.05, 0) is 0 Å². The van der Waals surface area contributed by atoms with Gasteiger partial charge in [0.1, 0.15) is 32.0 Å². The van der Waals surface area contributed by atoms with Gasteiger partial charge >= 0.3 is 22.8 Å². The summed E-state index contributed by atoms with van der Waals surface area (Å²) in [6, 6.07) is 0. The van der Waals surface area contributed by atoms with Crippen molar-refractivity contribution in [3.8, 4) is 0 Å². The Kier molecular flexibility index (Phi) is 45.8. The molecule has 0 radical (unpaired) electrons. The summed E-state index contributed by atoms with van der Waals surface area (Å²) in [7, 11) is 7.80. The summed E-state index contributed by atoms with van der Waals surface area (Å²) in [6.45, 7) is 0.431. The lowest BCUT2D eigenvalue weighted by Gasteiger charge is -2.29. The molecule has 0 aromatic heterocycles. The van der Waals surface area contributed by atoms with Crippen LogP contribution >= 0.6 is 42.8 Å². The highest BCUT2D eigenvalue weighted by Gasteiger charge is 2.26. The Morgan fingerprint density at radius 2 is 0.794 bits per heavy atom. The van der Waals surface area contributed by atoms with E-state index in [4.69, 9.17) is 45.5 Å². The van der Waals surface area contributed by atoms with Gasteiger partial charge < -0.3 is 126 Å². The second-order valence-corrected chi connectivity index (χ2v) is 25.7. The van der Waals surface area contributed by atoms with Gasteiger partial charge in [0.25, 0.3) is 0 Å². The third kappa shape index (κ3) is 69.7. The van der Waals surface area contributed by atoms with Gasteiger partial charge in [-0.1, -0.05) is 0 Å². The van der Waals surface area contributed by atoms with Crippen LogP contribution in [0.1, 0.15) is 0 Å². The summed E-state index contributed by atoms with van der Waals surface area (Å²) >= 11 is 0. The molecule has 11 N–H and O–H groups in total. The number of rotatable bonds is 25. The maximum absolute atomic E-state index is 11.4. The minimum atomic E-state index is -3.89. The lowest BCUT2D eigenvalue weighted by molar-refractivity contribution is -0.868. The van der Waals surface area contributed by atoms with Crippen molar-refractivity contribution in [2.24, 2.45) is 0 Å². The average molecular weight is 1080 g/mol. The summed E-state index contributed by atoms with van der Waals surface area (Å²) < 4.78 is 65.2. The number of hydrogen-bond acceptors (Lipinski definition) is 16. The van der Waals surface area contributed by atoms with Gasteiger partial charge in [0.05, 0.1) is 188 Å². The summed E-state index contributed by atoms with van der Waals surface area (Å²) in [6.07, 6.45) is -3.19. The zero-order valence-corrected chi connectivity index (χ0v) is 44.9. The molecule has 1 saturated heterocycles. The van der Waals surface area contributed by atoms with Crippen LogP contribution in [0.4, 0.5) is 0 Å². The first kappa shape index (κ1) is 78.2. The Labute approximate surface area is 393 Å². The van der Waals surface area contributed by atoms with Crippen molar-refractivity contribution in [3.63, 3.8) is 0 Å². The molecule has 0 bridgehead atoms. The van der Waals surface area contributed by atoms with Crippen LogP contribution in [-0.4, -0.2) is 286 Å². The predicted molar refractivity (Wildman–Crippen MR) is 232 cm³/mol. The van der Waals surface area contributed by atoms with Crippen molar-refractivity contribution in [2.45, 2.75) is 24.4 Å². The second-order valence-electron chi connectivity index (χ2n) is 18.0. The van der Waals surface area contributed by atoms with E-state index in [1.165, 1.54) is 0 Å². The van der Waals surface area contributed by atoms with Crippen LogP contribution < -0.4 is 29.7 Å². The van der Waals surface area contributed by atoms with Gasteiger partial charge in [-0.3, -0.25) is 13.7 Å². The number of epoxide rings is 1. The summed E-state index contributed by atoms with van der Waals surface area (Å²) in [5.41, 5.74) is 0. The molecule has 1 rings (SSSR count). The van der Waals surface area contributed by atoms with Crippen molar-refractivity contribution in [2.75, 3.05) is 188 Å². The molecule has 63 heavy (non-hydrogen) atoms. The molecule has 0 aliphatic carbocycles. The summed E-state index contributed by atoms with van der Waals surface area (Å²) in [5, 5.41) is 60.3. The molecule has 1 aliphatic rings. The van der Waals surface area contributed by atoms with Crippen LogP contribution in [0, 0.1) is 0 Å². The quantitative estimate of drug-likeness (QED) is 0.0230. The van der Waals surface area contributed by atoms with Crippen molar-refractivity contribution in [1.82, 2.24) is 0 Å². The minimum Gasteiger partial charge on any atom is -1.00 e. The van der Waals surface area contributed by atoms with Crippen molar-refractivity contribution < 1.29 is 140 Å². The fourth-order valence-electron chi connectivity index (χ4n) is 2.84. The van der Waals surface area contributed by atoms with Crippen LogP contribution in [-0.2, 0) is 36.6 Å². The fraction of sp³-hybridized carbons (Fsp3) is 1.00. The molecule has 0 aromatic rings. The van der Waals surface area contributed by atoms with Crippen molar-refractivity contribution in [3.05, 3.63) is 0 Å². The first-order valence-electron chi connectivity index (χ1n) is 18.9. The Bertz CT molecular complexity index is 1190. The molecule has 1 fully saturated rings. The lowest BCUT2D eigenvalue weighted by atomic mass is 10.4. The Balaban J connectivity index is -0.000000127. The highest BCUT2D eigenvalue weighted by atomic mass is 35.5. The Hall–Kier alpha value is 0.990. The van der Waals surface area contributed by atoms with Crippen molar-refractivity contribution >= 4 is 42.8 Å². The van der Waals surface area contributed by atoms with Crippen LogP contribution in [0.5, 0.6) is 0 Å². The van der Waals surface area contributed by atoms with Gasteiger partial charge in [0, 0.05) is 0 Å². The number of quaternary nitrogens is 4. The molecule has 392 valence electrons. The SMILES string of the molecule is C[N+](C)(C)CCP(=O)(O)O.C[N+](C)(C)CCP(=O)(O)OC[C@@H](O)CO.C[N+](C)(C)CCP(=O)(O)OC[C@@H](O)CO.C[N+](C)(C)CCP(=O)([O-])OC[C@@H](O)CO.Cl.OC[C@@H]1CO1.[Cl-].[Cl-]. The van der Waals surface area contributed by atoms with E-state index in [-0.39, 0.29) is 94.4 Å². The molecule has 3 unspecified atom stereocenters. The zero-order valence-electron chi connectivity index (χ0n) is 39.0. The normalized spacial score (nSPS) is 18.1. The lowest BCUT2D eigenvalue weighted by Crippen LogP contribution is -3.00. The van der Waals surface area contributed by atoms with Crippen LogP contribution in [0.3, 0.4) is 0 Å². The first-order chi connectivity index (χ1) is 26.6. The standard InChI is InChI=1S/3C8H20NO5P.C5H14NO3P.C3H6O2.3ClH/c3*1-9(2,3)4-5-15(12,13)14-7-8(11)6-10;1-6(2,3)4-5-10(7,8)9;4-1-3-2-5-3;;;/h3*8,10-11H,4-7H2,1-3H3;4-5H2,1-3H3,(H-,7,8,9);3-4H,1-2H2;3*1H/p+1/t3*8-;;3-;;;/m000.1.../s1. The van der Waals surface area contributed by atoms with Gasteiger partial charge in [-0.25, -0.2) is 0 Å². The van der Waals surface area contributed by atoms with E-state index in [0.717, 1.165) is 6.61 Å². The van der Waals surface area contributed by atoms with E-state index in [1.807, 2.05) is 84.6 Å². The molecule has 1 aliphatic heterocycles. The second kappa shape index (κ2) is 36.9. The van der Waals surface area contributed by atoms with Crippen LogP contribution in [0.15, 0.2) is 0 Å². The van der Waals surface area contributed by atoms with E-state index in [0.29, 0.717) is 44.1 Å². The summed E-state index contributed by atoms with van der Waals surface area (Å²) in [4.78, 5) is 47.0. The number of aliphatic hydroxyl groups excluding tert-OH is 7. The molecular weight excluding hydrogens is 991 g/mol. The van der Waals surface area contributed by atoms with E-state index >= 15 is 0 Å². The van der Waals surface area contributed by atoms with Crippen LogP contribution in [0.25, 0.3) is 0 Å². The van der Waals surface area contributed by atoms with E-state index in [9.17, 15) is 32.9 Å². The van der Waals surface area contributed by atoms with Gasteiger partial charge in [0.2, 0.25) is 0 Å². The highest BCUT2D eigenvalue weighted by molar-refractivity contribution is 7.53. The first-order valence-corrected chi connectivity index (χ1v) is 25.9. The molecule has 0 aromatic carbocycles. The smallest absolute Gasteiger partial charge is 0.333 e. The summed E-state index contributed by atoms with van der Waals surface area (Å²) in [5.74, 6) is 0. The zero-order chi connectivity index (χ0) is 48.5. The minimum absolute atomic E-state index is 0. The molecule has 7 atom stereocenters. The molecular formula is C32H84Cl3N4O20P4+. The molecule has 31 heteroatoms. The maximum Gasteiger partial charge on any atom is 0.333 e. The van der Waals surface area contributed by atoms with Crippen LogP contribution in [0.2, 0.25) is 0 Å². The molecule has 0 amide bonds. The third-order valence-corrected chi connectivity index (χ3v) is 11.6. The maximum atomic E-state index is 11.4. The molecule has 0 spiro atoms. The van der Waals surface area contributed by atoms with E-state index in [1.54, 1.807) is 0 Å². The average Bonchev–Trinajstić information content (AvgIpc) is 3.94. The largest absolute Gasteiger partial charge is 1.00 e. The van der Waals surface area contributed by atoms with Gasteiger partial charge in [0.15, 0.2) is 0 Å². The number of hydrogen-bond donors (Lipinski definition) is 11. The van der Waals surface area contributed by atoms with Gasteiger partial charge in [-0.15, -0.1) is 12.4 Å². The molecule has 24 nitrogen and oxygen atoms in total. The Morgan fingerprint density at radius 3 is 0.984 bits per heavy atom. The third-order valence-electron chi connectivity index (χ3n) is 6.85. The van der Waals surface area contributed by atoms with E-state index in [2.05, 4.69) is 18.3 Å². The number of nitrogens with zero attached hydrogens (tertiary/aromatic N) is 4. The number of ether oxygens (including phenoxy) is 1. The topological polar surface area (TPSA) is 354 Å². The predicted octanol–water partition coefficient (Wildman–Crippen LogP) is -9.21. The number of aliphatic hydroxyl groups is 7. The number of halogens is 3. The highest BCUT2D eigenvalue weighted by Crippen LogP contribution is 2.42. The van der Waals surface area contributed by atoms with Crippen molar-refractivity contribution in [1.29, 1.82) is 0 Å².